The number of phenols is 1. The summed E-state index contributed by atoms with van der Waals surface area (Å²) in [7, 11) is 1.42. The van der Waals surface area contributed by atoms with Gasteiger partial charge in [0.05, 0.1) is 24.4 Å². The molecule has 0 bridgehead atoms. The van der Waals surface area contributed by atoms with Gasteiger partial charge in [0.1, 0.15) is 0 Å². The third-order valence-electron chi connectivity index (χ3n) is 10.2. The maximum Gasteiger partial charge on any atom is 0.328 e. The Kier molecular flexibility index (Phi) is 7.08. The number of rotatable bonds is 4. The summed E-state index contributed by atoms with van der Waals surface area (Å²) in [5.74, 6) is -6.50. The van der Waals surface area contributed by atoms with Crippen LogP contribution in [0.1, 0.15) is 35.4 Å². The summed E-state index contributed by atoms with van der Waals surface area (Å²) in [4.78, 5) is 69.7. The predicted molar refractivity (Wildman–Crippen MR) is 170 cm³/mol. The van der Waals surface area contributed by atoms with Crippen molar-refractivity contribution in [2.24, 2.45) is 29.4 Å². The Balaban J connectivity index is 1.55. The largest absolute Gasteiger partial charge is 0.504 e. The van der Waals surface area contributed by atoms with E-state index >= 15 is 4.79 Å². The fourth-order valence-corrected chi connectivity index (χ4v) is 8.86. The van der Waals surface area contributed by atoms with E-state index in [1.54, 1.807) is 48.5 Å². The second kappa shape index (κ2) is 10.9. The van der Waals surface area contributed by atoms with Gasteiger partial charge in [-0.25, -0.2) is 4.79 Å². The van der Waals surface area contributed by atoms with Crippen molar-refractivity contribution < 1.29 is 33.8 Å². The van der Waals surface area contributed by atoms with E-state index in [1.807, 2.05) is 30.3 Å². The lowest BCUT2D eigenvalue weighted by molar-refractivity contribution is -0.137. The monoisotopic (exact) mass is 680 g/mol. The van der Waals surface area contributed by atoms with E-state index in [0.717, 1.165) is 0 Å². The molecule has 3 N–H and O–H groups in total. The summed E-state index contributed by atoms with van der Waals surface area (Å²) >= 11 is 3.53. The van der Waals surface area contributed by atoms with Crippen LogP contribution in [0.15, 0.2) is 95.0 Å². The van der Waals surface area contributed by atoms with Gasteiger partial charge < -0.3 is 15.6 Å². The lowest BCUT2D eigenvalue weighted by Crippen LogP contribution is -2.58. The van der Waals surface area contributed by atoms with E-state index in [0.29, 0.717) is 31.6 Å². The van der Waals surface area contributed by atoms with Crippen LogP contribution in [0.2, 0.25) is 0 Å². The molecule has 3 aromatic rings. The molecular formula is C36H29BrN2O7. The van der Waals surface area contributed by atoms with E-state index in [-0.39, 0.29) is 41.5 Å². The quantitative estimate of drug-likeness (QED) is 0.289. The number of aromatic hydroxyl groups is 1. The highest BCUT2D eigenvalue weighted by Crippen LogP contribution is 2.65. The Morgan fingerprint density at radius 2 is 1.65 bits per heavy atom. The number of carbonyl (C=O) groups is 5. The van der Waals surface area contributed by atoms with Crippen LogP contribution >= 0.6 is 15.9 Å². The van der Waals surface area contributed by atoms with E-state index in [9.17, 15) is 24.3 Å². The molecule has 9 nitrogen and oxygen atoms in total. The van der Waals surface area contributed by atoms with Crippen LogP contribution < -0.4 is 10.5 Å². The standard InChI is InChI=1S/C36H29BrN2O7/c1-46-27-15-20(37)14-25(32(27)42)30-21-12-13-22-29(34(44)39(33(22)43)35(38)45)24(21)16-26-31(41)23(18-8-4-2-5-9-18)17-28(40)36(26,30)19-10-6-3-7-11-19/h2-12,14-15,17,22,24,26,29-30,42H,13,16H2,1H3,(H2,38,45)/t22-,24+,26-,29-,30+,36-/m0/s1. The number of fused-ring (bicyclic) bond motifs is 4. The van der Waals surface area contributed by atoms with Gasteiger partial charge in [0, 0.05) is 27.4 Å². The molecule has 0 spiro atoms. The molecule has 0 radical (unpaired) electrons. The zero-order chi connectivity index (χ0) is 32.5. The molecule has 4 amide bonds. The number of amides is 4. The Morgan fingerprint density at radius 1 is 0.978 bits per heavy atom. The minimum Gasteiger partial charge on any atom is -0.504 e. The lowest BCUT2D eigenvalue weighted by Gasteiger charge is -2.55. The van der Waals surface area contributed by atoms with Gasteiger partial charge in [-0.15, -0.1) is 0 Å². The maximum absolute atomic E-state index is 15.0. The first-order valence-corrected chi connectivity index (χ1v) is 15.7. The lowest BCUT2D eigenvalue weighted by atomic mass is 9.44. The number of Topliss-reactive ketones (excluding diaryl/α,β-unsaturated/α-hetero) is 1. The molecular weight excluding hydrogens is 652 g/mol. The van der Waals surface area contributed by atoms with Crippen molar-refractivity contribution in [3.63, 3.8) is 0 Å². The van der Waals surface area contributed by atoms with Gasteiger partial charge in [0.2, 0.25) is 11.8 Å². The van der Waals surface area contributed by atoms with E-state index < -0.39 is 52.8 Å². The Hall–Kier alpha value is -4.83. The van der Waals surface area contributed by atoms with Crippen LogP contribution in [0.3, 0.4) is 0 Å². The number of ether oxygens (including phenoxy) is 1. The first kappa shape index (κ1) is 29.9. The highest BCUT2D eigenvalue weighted by Gasteiger charge is 2.66. The van der Waals surface area contributed by atoms with Gasteiger partial charge in [-0.1, -0.05) is 88.2 Å². The van der Waals surface area contributed by atoms with Gasteiger partial charge in [0.25, 0.3) is 0 Å². The number of methoxy groups -OCH3 is 1. The number of imide groups is 3. The highest BCUT2D eigenvalue weighted by molar-refractivity contribution is 9.10. The number of carbonyl (C=O) groups excluding carboxylic acids is 5. The van der Waals surface area contributed by atoms with Crippen LogP contribution in [-0.2, 0) is 24.6 Å². The molecule has 6 atom stereocenters. The first-order valence-electron chi connectivity index (χ1n) is 15.0. The van der Waals surface area contributed by atoms with Crippen molar-refractivity contribution in [3.05, 3.63) is 112 Å². The Morgan fingerprint density at radius 3 is 2.30 bits per heavy atom. The second-order valence-electron chi connectivity index (χ2n) is 12.2. The van der Waals surface area contributed by atoms with Crippen LogP contribution in [-0.4, -0.2) is 46.5 Å². The van der Waals surface area contributed by atoms with Crippen LogP contribution in [0.25, 0.3) is 5.57 Å². The summed E-state index contributed by atoms with van der Waals surface area (Å²) in [5, 5.41) is 11.7. The molecule has 1 saturated heterocycles. The summed E-state index contributed by atoms with van der Waals surface area (Å²) < 4.78 is 6.08. The number of hydrogen-bond donors (Lipinski definition) is 2. The molecule has 232 valence electrons. The number of hydrogen-bond acceptors (Lipinski definition) is 7. The molecule has 1 aliphatic heterocycles. The molecule has 3 aliphatic carbocycles. The highest BCUT2D eigenvalue weighted by atomic mass is 79.9. The van der Waals surface area contributed by atoms with Crippen molar-refractivity contribution in [3.8, 4) is 11.5 Å². The number of allylic oxidation sites excluding steroid dienone is 4. The molecule has 10 heteroatoms. The third-order valence-corrected chi connectivity index (χ3v) is 10.7. The van der Waals surface area contributed by atoms with Crippen molar-refractivity contribution in [1.29, 1.82) is 0 Å². The third kappa shape index (κ3) is 4.09. The normalized spacial score (nSPS) is 28.6. The number of halogens is 1. The zero-order valence-corrected chi connectivity index (χ0v) is 26.3. The number of benzene rings is 3. The molecule has 4 aliphatic rings. The minimum atomic E-state index is -1.52. The number of ketones is 2. The Bertz CT molecular complexity index is 1900. The van der Waals surface area contributed by atoms with Gasteiger partial charge in [-0.2, -0.15) is 4.90 Å². The molecule has 7 rings (SSSR count). The van der Waals surface area contributed by atoms with Crippen LogP contribution in [0, 0.1) is 23.7 Å². The summed E-state index contributed by atoms with van der Waals surface area (Å²) in [5.41, 5.74) is 6.35. The number of nitrogens with zero attached hydrogens (tertiary/aromatic N) is 1. The van der Waals surface area contributed by atoms with Gasteiger partial charge in [-0.05, 0) is 48.1 Å². The summed E-state index contributed by atoms with van der Waals surface area (Å²) in [6.45, 7) is 0. The van der Waals surface area contributed by atoms with Crippen LogP contribution in [0.5, 0.6) is 11.5 Å². The van der Waals surface area contributed by atoms with Crippen molar-refractivity contribution in [2.75, 3.05) is 7.11 Å². The number of phenolic OH excluding ortho intramolecular Hbond substituents is 1. The zero-order valence-electron chi connectivity index (χ0n) is 24.7. The number of primary amides is 1. The molecule has 3 aromatic carbocycles. The van der Waals surface area contributed by atoms with Crippen molar-refractivity contribution in [1.82, 2.24) is 4.90 Å². The maximum atomic E-state index is 15.0. The fourth-order valence-electron chi connectivity index (χ4n) is 8.41. The predicted octanol–water partition coefficient (Wildman–Crippen LogP) is 5.07. The average molecular weight is 682 g/mol. The minimum absolute atomic E-state index is 0.0602. The van der Waals surface area contributed by atoms with E-state index in [1.165, 1.54) is 13.2 Å². The van der Waals surface area contributed by atoms with Gasteiger partial charge in [-0.3, -0.25) is 19.2 Å². The molecule has 1 heterocycles. The van der Waals surface area contributed by atoms with Crippen LogP contribution in [0.4, 0.5) is 4.79 Å². The van der Waals surface area contributed by atoms with E-state index in [4.69, 9.17) is 10.5 Å². The summed E-state index contributed by atoms with van der Waals surface area (Å²) in [6, 6.07) is 20.1. The van der Waals surface area contributed by atoms with Crippen molar-refractivity contribution >= 4 is 50.9 Å². The number of likely N-dealkylation sites (tertiary alicyclic amines) is 1. The number of urea groups is 1. The SMILES string of the molecule is COc1cc(Br)cc([C@H]2C3=CC[C@@H]4C(=O)N(C(N)=O)C(=O)[C@@H]4[C@@H]3C[C@H]3C(=O)C(c4ccccc4)=CC(=O)[C@@]23c2ccccc2)c1O. The van der Waals surface area contributed by atoms with Crippen molar-refractivity contribution in [2.45, 2.75) is 24.2 Å². The average Bonchev–Trinajstić information content (AvgIpc) is 3.32. The molecule has 1 saturated carbocycles. The molecule has 0 unspecified atom stereocenters. The molecule has 46 heavy (non-hydrogen) atoms. The van der Waals surface area contributed by atoms with E-state index in [2.05, 4.69) is 15.9 Å². The smallest absolute Gasteiger partial charge is 0.328 e. The number of nitrogens with two attached hydrogens (primary N) is 1. The fraction of sp³-hybridized carbons (Fsp3) is 0.250. The Labute approximate surface area is 272 Å². The summed E-state index contributed by atoms with van der Waals surface area (Å²) in [6.07, 6.45) is 3.43. The topological polar surface area (TPSA) is 144 Å². The first-order chi connectivity index (χ1) is 22.1. The molecule has 2 fully saturated rings. The van der Waals surface area contributed by atoms with Gasteiger partial charge in [0.15, 0.2) is 23.1 Å². The second-order valence-corrected chi connectivity index (χ2v) is 13.1. The molecule has 0 aromatic heterocycles. The van der Waals surface area contributed by atoms with Gasteiger partial charge >= 0.3 is 6.03 Å².